The van der Waals surface area contributed by atoms with Crippen molar-refractivity contribution < 1.29 is 9.53 Å². The van der Waals surface area contributed by atoms with Crippen LogP contribution in [0.3, 0.4) is 0 Å². The average molecular weight is 336 g/mol. The van der Waals surface area contributed by atoms with Crippen molar-refractivity contribution in [1.82, 2.24) is 9.97 Å². The van der Waals surface area contributed by atoms with E-state index in [4.69, 9.17) is 10.5 Å². The van der Waals surface area contributed by atoms with Gasteiger partial charge in [0.15, 0.2) is 0 Å². The van der Waals surface area contributed by atoms with Gasteiger partial charge in [-0.15, -0.1) is 0 Å². The summed E-state index contributed by atoms with van der Waals surface area (Å²) in [5, 5.41) is 0. The highest BCUT2D eigenvalue weighted by Gasteiger charge is 2.15. The van der Waals surface area contributed by atoms with Crippen LogP contribution in [0.1, 0.15) is 29.8 Å². The molecule has 3 aromatic rings. The predicted molar refractivity (Wildman–Crippen MR) is 98.7 cm³/mol. The van der Waals surface area contributed by atoms with Gasteiger partial charge in [-0.1, -0.05) is 18.2 Å². The number of H-pyrrole nitrogens is 1. The number of aromatic nitrogens is 2. The lowest BCUT2D eigenvalue weighted by atomic mass is 10.1. The van der Waals surface area contributed by atoms with Crippen LogP contribution in [0.5, 0.6) is 0 Å². The first-order chi connectivity index (χ1) is 12.0. The van der Waals surface area contributed by atoms with Crippen LogP contribution in [-0.2, 0) is 4.74 Å². The van der Waals surface area contributed by atoms with E-state index < -0.39 is 5.97 Å². The SMILES string of the molecule is COC(=O)c1ccccc1-c1nc2ccc(C(N)=NC(C)C)cc2[nH]1. The Morgan fingerprint density at radius 3 is 2.72 bits per heavy atom. The van der Waals surface area contributed by atoms with Gasteiger partial charge in [0.2, 0.25) is 0 Å². The molecule has 128 valence electrons. The van der Waals surface area contributed by atoms with Gasteiger partial charge < -0.3 is 15.5 Å². The van der Waals surface area contributed by atoms with Gasteiger partial charge in [0.1, 0.15) is 11.7 Å². The monoisotopic (exact) mass is 336 g/mol. The Labute approximate surface area is 145 Å². The van der Waals surface area contributed by atoms with Crippen molar-refractivity contribution >= 4 is 22.8 Å². The normalized spacial score (nSPS) is 11.9. The number of benzene rings is 2. The van der Waals surface area contributed by atoms with E-state index in [0.29, 0.717) is 22.8 Å². The molecule has 0 aliphatic heterocycles. The molecule has 0 saturated heterocycles. The number of ether oxygens (including phenoxy) is 1. The van der Waals surface area contributed by atoms with Crippen molar-refractivity contribution in [3.63, 3.8) is 0 Å². The Kier molecular flexibility index (Phi) is 4.52. The molecular weight excluding hydrogens is 316 g/mol. The maximum Gasteiger partial charge on any atom is 0.338 e. The van der Waals surface area contributed by atoms with Gasteiger partial charge in [-0.2, -0.15) is 0 Å². The molecule has 0 saturated carbocycles. The van der Waals surface area contributed by atoms with Crippen LogP contribution in [0.25, 0.3) is 22.4 Å². The summed E-state index contributed by atoms with van der Waals surface area (Å²) >= 11 is 0. The van der Waals surface area contributed by atoms with Crippen LogP contribution in [0.15, 0.2) is 47.5 Å². The fraction of sp³-hybridized carbons (Fsp3) is 0.211. The Bertz CT molecular complexity index is 957. The largest absolute Gasteiger partial charge is 0.465 e. The standard InChI is InChI=1S/C19H20N4O2/c1-11(2)21-17(20)12-8-9-15-16(10-12)23-18(22-15)13-6-4-5-7-14(13)19(24)25-3/h4-11H,1-3H3,(H2,20,21)(H,22,23). The van der Waals surface area contributed by atoms with Crippen LogP contribution < -0.4 is 5.73 Å². The lowest BCUT2D eigenvalue weighted by Crippen LogP contribution is -2.15. The second-order valence-electron chi connectivity index (χ2n) is 5.96. The maximum absolute atomic E-state index is 12.0. The molecule has 1 heterocycles. The molecule has 0 spiro atoms. The third kappa shape index (κ3) is 3.38. The van der Waals surface area contributed by atoms with E-state index in [1.807, 2.05) is 44.2 Å². The topological polar surface area (TPSA) is 93.4 Å². The highest BCUT2D eigenvalue weighted by atomic mass is 16.5. The van der Waals surface area contributed by atoms with Crippen LogP contribution in [0.4, 0.5) is 0 Å². The number of aromatic amines is 1. The zero-order valence-corrected chi connectivity index (χ0v) is 14.4. The van der Waals surface area contributed by atoms with Crippen molar-refractivity contribution in [2.75, 3.05) is 7.11 Å². The second kappa shape index (κ2) is 6.76. The molecule has 0 aliphatic carbocycles. The van der Waals surface area contributed by atoms with Crippen LogP contribution in [-0.4, -0.2) is 34.9 Å². The van der Waals surface area contributed by atoms with Gasteiger partial charge in [0, 0.05) is 17.2 Å². The average Bonchev–Trinajstić information content (AvgIpc) is 3.03. The van der Waals surface area contributed by atoms with Gasteiger partial charge in [-0.05, 0) is 38.1 Å². The van der Waals surface area contributed by atoms with Crippen LogP contribution >= 0.6 is 0 Å². The third-order valence-corrected chi connectivity index (χ3v) is 3.76. The molecule has 1 aromatic heterocycles. The number of carbonyl (C=O) groups excluding carboxylic acids is 1. The highest BCUT2D eigenvalue weighted by Crippen LogP contribution is 2.25. The summed E-state index contributed by atoms with van der Waals surface area (Å²) in [4.78, 5) is 24.2. The number of esters is 1. The van der Waals surface area contributed by atoms with Crippen molar-refractivity contribution in [2.24, 2.45) is 10.7 Å². The summed E-state index contributed by atoms with van der Waals surface area (Å²) < 4.78 is 4.85. The zero-order valence-electron chi connectivity index (χ0n) is 14.4. The minimum atomic E-state index is -0.398. The Morgan fingerprint density at radius 1 is 1.24 bits per heavy atom. The Morgan fingerprint density at radius 2 is 2.00 bits per heavy atom. The van der Waals surface area contributed by atoms with Gasteiger partial charge in [0.05, 0.1) is 23.7 Å². The highest BCUT2D eigenvalue weighted by molar-refractivity contribution is 6.01. The number of aliphatic imine (C=N–C) groups is 1. The molecule has 0 radical (unpaired) electrons. The summed E-state index contributed by atoms with van der Waals surface area (Å²) in [6.45, 7) is 3.95. The van der Waals surface area contributed by atoms with Crippen molar-refractivity contribution in [3.8, 4) is 11.4 Å². The molecule has 3 rings (SSSR count). The van der Waals surface area contributed by atoms with E-state index in [2.05, 4.69) is 15.0 Å². The third-order valence-electron chi connectivity index (χ3n) is 3.76. The smallest absolute Gasteiger partial charge is 0.338 e. The van der Waals surface area contributed by atoms with Gasteiger partial charge in [0.25, 0.3) is 0 Å². The lowest BCUT2D eigenvalue weighted by Gasteiger charge is -2.04. The summed E-state index contributed by atoms with van der Waals surface area (Å²) in [7, 11) is 1.36. The lowest BCUT2D eigenvalue weighted by molar-refractivity contribution is 0.0601. The van der Waals surface area contributed by atoms with Crippen LogP contribution in [0.2, 0.25) is 0 Å². The predicted octanol–water partition coefficient (Wildman–Crippen LogP) is 3.13. The number of fused-ring (bicyclic) bond motifs is 1. The first kappa shape index (κ1) is 16.7. The number of carbonyl (C=O) groups is 1. The second-order valence-corrected chi connectivity index (χ2v) is 5.96. The number of imidazole rings is 1. The van der Waals surface area contributed by atoms with Gasteiger partial charge in [-0.25, -0.2) is 9.78 Å². The molecule has 0 bridgehead atoms. The maximum atomic E-state index is 12.0. The molecule has 6 heteroatoms. The molecule has 0 aliphatic rings. The van der Waals surface area contributed by atoms with Crippen molar-refractivity contribution in [3.05, 3.63) is 53.6 Å². The van der Waals surface area contributed by atoms with Crippen molar-refractivity contribution in [1.29, 1.82) is 0 Å². The Hall–Kier alpha value is -3.15. The molecule has 25 heavy (non-hydrogen) atoms. The number of amidine groups is 1. The quantitative estimate of drug-likeness (QED) is 0.435. The minimum absolute atomic E-state index is 0.125. The molecule has 0 amide bonds. The minimum Gasteiger partial charge on any atom is -0.465 e. The van der Waals surface area contributed by atoms with E-state index in [9.17, 15) is 4.79 Å². The fourth-order valence-electron chi connectivity index (χ4n) is 2.63. The first-order valence-corrected chi connectivity index (χ1v) is 8.00. The van der Waals surface area contributed by atoms with E-state index >= 15 is 0 Å². The molecular formula is C19H20N4O2. The number of rotatable bonds is 4. The zero-order chi connectivity index (χ0) is 18.0. The van der Waals surface area contributed by atoms with Crippen molar-refractivity contribution in [2.45, 2.75) is 19.9 Å². The van der Waals surface area contributed by atoms with E-state index in [-0.39, 0.29) is 6.04 Å². The molecule has 6 nitrogen and oxygen atoms in total. The summed E-state index contributed by atoms with van der Waals surface area (Å²) in [5.41, 5.74) is 9.64. The van der Waals surface area contributed by atoms with Gasteiger partial charge >= 0.3 is 5.97 Å². The number of methoxy groups -OCH3 is 1. The molecule has 3 N–H and O–H groups in total. The fourth-order valence-corrected chi connectivity index (χ4v) is 2.63. The number of hydrogen-bond acceptors (Lipinski definition) is 4. The molecule has 0 atom stereocenters. The number of hydrogen-bond donors (Lipinski definition) is 2. The van der Waals surface area contributed by atoms with Crippen LogP contribution in [0, 0.1) is 0 Å². The van der Waals surface area contributed by atoms with E-state index in [1.165, 1.54) is 7.11 Å². The first-order valence-electron chi connectivity index (χ1n) is 8.00. The molecule has 0 fully saturated rings. The Balaban J connectivity index is 2.07. The van der Waals surface area contributed by atoms with Gasteiger partial charge in [-0.3, -0.25) is 4.99 Å². The molecule has 2 aromatic carbocycles. The van der Waals surface area contributed by atoms with E-state index in [1.54, 1.807) is 12.1 Å². The van der Waals surface area contributed by atoms with E-state index in [0.717, 1.165) is 16.6 Å². The number of nitrogens with zero attached hydrogens (tertiary/aromatic N) is 2. The number of nitrogens with one attached hydrogen (secondary N) is 1. The summed E-state index contributed by atoms with van der Waals surface area (Å²) in [6.07, 6.45) is 0. The number of nitrogens with two attached hydrogens (primary N) is 1. The summed E-state index contributed by atoms with van der Waals surface area (Å²) in [5.74, 6) is 0.695. The molecule has 0 unspecified atom stereocenters. The summed E-state index contributed by atoms with van der Waals surface area (Å²) in [6, 6.07) is 13.0.